The average molecular weight is 378 g/mol. The van der Waals surface area contributed by atoms with Gasteiger partial charge < -0.3 is 10.1 Å². The van der Waals surface area contributed by atoms with Crippen LogP contribution in [0.5, 0.6) is 5.75 Å². The Morgan fingerprint density at radius 2 is 1.59 bits per heavy atom. The lowest BCUT2D eigenvalue weighted by Crippen LogP contribution is -2.12. The minimum atomic E-state index is -0.137. The van der Waals surface area contributed by atoms with Gasteiger partial charge in [0.05, 0.1) is 12.8 Å². The summed E-state index contributed by atoms with van der Waals surface area (Å²) in [6, 6.07) is 23.9. The molecule has 0 aliphatic heterocycles. The maximum Gasteiger partial charge on any atom is 0.255 e. The van der Waals surface area contributed by atoms with E-state index >= 15 is 0 Å². The molecule has 0 heterocycles. The third-order valence-electron chi connectivity index (χ3n) is 4.20. The highest BCUT2D eigenvalue weighted by atomic mass is 32.2. The molecule has 0 spiro atoms. The Balaban J connectivity index is 1.58. The van der Waals surface area contributed by atoms with Gasteiger partial charge in [0.2, 0.25) is 0 Å². The van der Waals surface area contributed by atoms with E-state index < -0.39 is 0 Å². The van der Waals surface area contributed by atoms with Crippen LogP contribution in [0.1, 0.15) is 27.0 Å². The second kappa shape index (κ2) is 9.28. The quantitative estimate of drug-likeness (QED) is 0.575. The molecule has 4 heteroatoms. The van der Waals surface area contributed by atoms with Crippen molar-refractivity contribution in [1.29, 1.82) is 0 Å². The van der Waals surface area contributed by atoms with Gasteiger partial charge in [0.1, 0.15) is 5.75 Å². The van der Waals surface area contributed by atoms with Crippen molar-refractivity contribution in [2.24, 2.45) is 0 Å². The van der Waals surface area contributed by atoms with Gasteiger partial charge >= 0.3 is 0 Å². The number of carbonyl (C=O) groups excluding carboxylic acids is 1. The molecule has 0 unspecified atom stereocenters. The van der Waals surface area contributed by atoms with Gasteiger partial charge in [0, 0.05) is 17.1 Å². The minimum absolute atomic E-state index is 0.137. The van der Waals surface area contributed by atoms with Gasteiger partial charge in [-0.2, -0.15) is 11.8 Å². The van der Waals surface area contributed by atoms with E-state index in [1.807, 2.05) is 67.2 Å². The average Bonchev–Trinajstić information content (AvgIpc) is 2.69. The van der Waals surface area contributed by atoms with E-state index in [4.69, 9.17) is 4.74 Å². The second-order valence-electron chi connectivity index (χ2n) is 6.33. The van der Waals surface area contributed by atoms with Crippen LogP contribution < -0.4 is 10.1 Å². The molecular weight excluding hydrogens is 354 g/mol. The summed E-state index contributed by atoms with van der Waals surface area (Å²) in [7, 11) is 1.60. The zero-order chi connectivity index (χ0) is 19.1. The number of methoxy groups -OCH3 is 1. The fourth-order valence-electron chi connectivity index (χ4n) is 2.73. The number of hydrogen-bond acceptors (Lipinski definition) is 3. The molecule has 0 aromatic heterocycles. The van der Waals surface area contributed by atoms with Gasteiger partial charge in [-0.3, -0.25) is 4.79 Å². The van der Waals surface area contributed by atoms with Crippen LogP contribution in [0.3, 0.4) is 0 Å². The highest BCUT2D eigenvalue weighted by Crippen LogP contribution is 2.26. The third-order valence-corrected chi connectivity index (χ3v) is 5.27. The highest BCUT2D eigenvalue weighted by molar-refractivity contribution is 7.97. The number of ether oxygens (including phenoxy) is 1. The van der Waals surface area contributed by atoms with Crippen LogP contribution in [0, 0.1) is 6.92 Å². The zero-order valence-corrected chi connectivity index (χ0v) is 16.4. The van der Waals surface area contributed by atoms with Crippen molar-refractivity contribution >= 4 is 23.4 Å². The van der Waals surface area contributed by atoms with E-state index in [2.05, 4.69) is 29.6 Å². The van der Waals surface area contributed by atoms with Crippen molar-refractivity contribution in [3.63, 3.8) is 0 Å². The van der Waals surface area contributed by atoms with E-state index in [-0.39, 0.29) is 5.91 Å². The molecule has 0 saturated carbocycles. The van der Waals surface area contributed by atoms with Gasteiger partial charge in [-0.1, -0.05) is 48.5 Å². The summed E-state index contributed by atoms with van der Waals surface area (Å²) in [6.45, 7) is 1.98. The minimum Gasteiger partial charge on any atom is -0.495 e. The van der Waals surface area contributed by atoms with Crippen molar-refractivity contribution < 1.29 is 9.53 Å². The molecular formula is C23H23NO2S. The summed E-state index contributed by atoms with van der Waals surface area (Å²) in [4.78, 5) is 12.5. The molecule has 1 amide bonds. The number of anilines is 1. The van der Waals surface area contributed by atoms with Crippen LogP contribution in [0.4, 0.5) is 5.69 Å². The van der Waals surface area contributed by atoms with Crippen molar-refractivity contribution in [2.75, 3.05) is 12.4 Å². The van der Waals surface area contributed by atoms with E-state index in [9.17, 15) is 4.79 Å². The first-order valence-electron chi connectivity index (χ1n) is 8.82. The molecule has 27 heavy (non-hydrogen) atoms. The summed E-state index contributed by atoms with van der Waals surface area (Å²) < 4.78 is 5.32. The Hall–Kier alpha value is -2.72. The van der Waals surface area contributed by atoms with Gasteiger partial charge in [-0.05, 0) is 47.9 Å². The summed E-state index contributed by atoms with van der Waals surface area (Å²) >= 11 is 1.87. The lowest BCUT2D eigenvalue weighted by Gasteiger charge is -2.11. The molecule has 3 nitrogen and oxygen atoms in total. The molecule has 0 saturated heterocycles. The summed E-state index contributed by atoms with van der Waals surface area (Å²) in [5.74, 6) is 2.42. The van der Waals surface area contributed by atoms with Gasteiger partial charge in [0.15, 0.2) is 0 Å². The lowest BCUT2D eigenvalue weighted by atomic mass is 10.1. The largest absolute Gasteiger partial charge is 0.495 e. The smallest absolute Gasteiger partial charge is 0.255 e. The predicted molar refractivity (Wildman–Crippen MR) is 114 cm³/mol. The Morgan fingerprint density at radius 3 is 2.26 bits per heavy atom. The van der Waals surface area contributed by atoms with Crippen molar-refractivity contribution in [3.8, 4) is 5.75 Å². The van der Waals surface area contributed by atoms with Crippen molar-refractivity contribution in [1.82, 2.24) is 0 Å². The van der Waals surface area contributed by atoms with E-state index in [0.717, 1.165) is 17.1 Å². The molecule has 3 rings (SSSR count). The summed E-state index contributed by atoms with van der Waals surface area (Å²) in [6.07, 6.45) is 0. The number of hydrogen-bond donors (Lipinski definition) is 1. The fraction of sp³-hybridized carbons (Fsp3) is 0.174. The van der Waals surface area contributed by atoms with Crippen LogP contribution in [0.25, 0.3) is 0 Å². The molecule has 0 aliphatic rings. The van der Waals surface area contributed by atoms with Crippen molar-refractivity contribution in [3.05, 3.63) is 95.1 Å². The van der Waals surface area contributed by atoms with Crippen LogP contribution in [0.15, 0.2) is 72.8 Å². The first kappa shape index (κ1) is 19.1. The Morgan fingerprint density at radius 1 is 0.926 bits per heavy atom. The molecule has 1 N–H and O–H groups in total. The second-order valence-corrected chi connectivity index (χ2v) is 7.32. The number of thioether (sulfide) groups is 1. The number of rotatable bonds is 7. The lowest BCUT2D eigenvalue weighted by molar-refractivity contribution is 0.102. The van der Waals surface area contributed by atoms with E-state index in [1.54, 1.807) is 7.11 Å². The Labute approximate surface area is 164 Å². The van der Waals surface area contributed by atoms with Crippen LogP contribution in [-0.4, -0.2) is 13.0 Å². The number of aryl methyl sites for hydroxylation is 1. The fourth-order valence-corrected chi connectivity index (χ4v) is 3.69. The molecule has 0 atom stereocenters. The van der Waals surface area contributed by atoms with Crippen LogP contribution in [-0.2, 0) is 11.5 Å². The number of amides is 1. The van der Waals surface area contributed by atoms with Gasteiger partial charge in [-0.15, -0.1) is 0 Å². The van der Waals surface area contributed by atoms with Gasteiger partial charge in [-0.25, -0.2) is 0 Å². The van der Waals surface area contributed by atoms with Gasteiger partial charge in [0.25, 0.3) is 5.91 Å². The van der Waals surface area contributed by atoms with E-state index in [1.165, 1.54) is 11.1 Å². The first-order valence-corrected chi connectivity index (χ1v) is 9.98. The third kappa shape index (κ3) is 5.38. The Kier molecular flexibility index (Phi) is 6.55. The van der Waals surface area contributed by atoms with Crippen LogP contribution >= 0.6 is 11.8 Å². The summed E-state index contributed by atoms with van der Waals surface area (Å²) in [5, 5.41) is 2.93. The monoisotopic (exact) mass is 377 g/mol. The molecule has 3 aromatic carbocycles. The van der Waals surface area contributed by atoms with E-state index in [0.29, 0.717) is 17.0 Å². The number of nitrogens with one attached hydrogen (secondary N) is 1. The molecule has 0 bridgehead atoms. The SMILES string of the molecule is COc1ccc(C)cc1NC(=O)c1ccc(CSCc2ccccc2)cc1. The molecule has 3 aromatic rings. The van der Waals surface area contributed by atoms with Crippen molar-refractivity contribution in [2.45, 2.75) is 18.4 Å². The topological polar surface area (TPSA) is 38.3 Å². The first-order chi connectivity index (χ1) is 13.2. The van der Waals surface area contributed by atoms with Crippen LogP contribution in [0.2, 0.25) is 0 Å². The standard InChI is InChI=1S/C23H23NO2S/c1-17-8-13-22(26-2)21(14-17)24-23(25)20-11-9-19(10-12-20)16-27-15-18-6-4-3-5-7-18/h3-14H,15-16H2,1-2H3,(H,24,25). The maximum atomic E-state index is 12.5. The predicted octanol–water partition coefficient (Wildman–Crippen LogP) is 5.69. The molecule has 0 radical (unpaired) electrons. The normalized spacial score (nSPS) is 10.4. The number of carbonyl (C=O) groups is 1. The molecule has 0 fully saturated rings. The maximum absolute atomic E-state index is 12.5. The zero-order valence-electron chi connectivity index (χ0n) is 15.6. The summed E-state index contributed by atoms with van der Waals surface area (Å²) in [5.41, 5.74) is 4.92. The Bertz CT molecular complexity index is 892. The highest BCUT2D eigenvalue weighted by Gasteiger charge is 2.10. The number of benzene rings is 3. The molecule has 0 aliphatic carbocycles. The molecule has 138 valence electrons.